The average Bonchev–Trinajstić information content (AvgIpc) is 3.74. The van der Waals surface area contributed by atoms with E-state index in [0.717, 1.165) is 56.2 Å². The Labute approximate surface area is 225 Å². The molecule has 0 bridgehead atoms. The summed E-state index contributed by atoms with van der Waals surface area (Å²) in [4.78, 5) is 4.62. The number of benzene rings is 5. The highest BCUT2D eigenvalue weighted by atomic mass is 16.5. The van der Waals surface area contributed by atoms with E-state index >= 15 is 0 Å². The summed E-state index contributed by atoms with van der Waals surface area (Å²) in [6.45, 7) is 0. The van der Waals surface area contributed by atoms with Crippen molar-refractivity contribution in [3.05, 3.63) is 139 Å². The monoisotopic (exact) mass is 504 g/mol. The zero-order valence-corrected chi connectivity index (χ0v) is 21.0. The van der Waals surface area contributed by atoms with Crippen LogP contribution in [0.1, 0.15) is 11.8 Å². The van der Waals surface area contributed by atoms with Crippen molar-refractivity contribution in [1.82, 2.24) is 14.1 Å². The molecule has 1 N–H and O–H groups in total. The van der Waals surface area contributed by atoms with Crippen molar-refractivity contribution >= 4 is 27.5 Å². The topological polar surface area (TPSA) is 44.0 Å². The Morgan fingerprint density at radius 1 is 0.667 bits per heavy atom. The maximum absolute atomic E-state index is 6.55. The maximum atomic E-state index is 6.55. The molecule has 5 aromatic carbocycles. The van der Waals surface area contributed by atoms with Gasteiger partial charge in [0, 0.05) is 40.3 Å². The number of fused-ring (bicyclic) bond motifs is 5. The van der Waals surface area contributed by atoms with Gasteiger partial charge in [-0.2, -0.15) is 0 Å². The summed E-state index contributed by atoms with van der Waals surface area (Å²) >= 11 is 0. The number of aromatic nitrogens is 3. The lowest BCUT2D eigenvalue weighted by Gasteiger charge is -2.12. The molecule has 0 saturated carbocycles. The quantitative estimate of drug-likeness (QED) is 0.263. The molecular weight excluding hydrogens is 480 g/mol. The largest absolute Gasteiger partial charge is 0.464 e. The fraction of sp³-hybridized carbons (Fsp3) is 0.0294. The third-order valence-corrected chi connectivity index (χ3v) is 7.47. The number of rotatable bonds is 4. The minimum Gasteiger partial charge on any atom is -0.464 e. The highest BCUT2D eigenvalue weighted by Crippen LogP contribution is 2.47. The van der Waals surface area contributed by atoms with Gasteiger partial charge < -0.3 is 14.6 Å². The van der Waals surface area contributed by atoms with Gasteiger partial charge >= 0.3 is 0 Å². The van der Waals surface area contributed by atoms with Gasteiger partial charge in [0.05, 0.1) is 22.1 Å². The van der Waals surface area contributed by atoms with Crippen LogP contribution in [0.3, 0.4) is 0 Å². The van der Waals surface area contributed by atoms with Crippen molar-refractivity contribution in [1.29, 1.82) is 0 Å². The third kappa shape index (κ3) is 3.44. The Morgan fingerprint density at radius 3 is 2.21 bits per heavy atom. The predicted octanol–water partition coefficient (Wildman–Crippen LogP) is 8.14. The van der Waals surface area contributed by atoms with Gasteiger partial charge in [-0.3, -0.25) is 4.57 Å². The number of imidazole rings is 1. The summed E-state index contributed by atoms with van der Waals surface area (Å²) < 4.78 is 11.0. The lowest BCUT2D eigenvalue weighted by molar-refractivity contribution is 0.263. The zero-order chi connectivity index (χ0) is 25.8. The second kappa shape index (κ2) is 8.64. The van der Waals surface area contributed by atoms with Crippen LogP contribution < -0.4 is 10.1 Å². The molecule has 8 rings (SSSR count). The van der Waals surface area contributed by atoms with Crippen molar-refractivity contribution in [2.75, 3.05) is 5.32 Å². The van der Waals surface area contributed by atoms with Gasteiger partial charge in [-0.25, -0.2) is 4.98 Å². The normalized spacial score (nSPS) is 14.3. The summed E-state index contributed by atoms with van der Waals surface area (Å²) in [5.41, 5.74) is 7.63. The van der Waals surface area contributed by atoms with Gasteiger partial charge in [0.15, 0.2) is 12.0 Å². The number of anilines is 1. The molecule has 7 aromatic rings. The Morgan fingerprint density at radius 2 is 1.38 bits per heavy atom. The van der Waals surface area contributed by atoms with Gasteiger partial charge in [-0.1, -0.05) is 78.9 Å². The first-order chi connectivity index (χ1) is 19.3. The standard InChI is InChI=1S/C34H24N4O/c1-3-9-23(10-4-1)33-35-21-22-37(33)25-15-17-26(18-16-25)38-29-14-8-7-13-27(29)31-30(38)20-19-28-32(31)39-34(36-28)24-11-5-2-6-12-24/h1-22,34,36H. The molecule has 39 heavy (non-hydrogen) atoms. The van der Waals surface area contributed by atoms with Crippen LogP contribution in [-0.4, -0.2) is 14.1 Å². The van der Waals surface area contributed by atoms with Gasteiger partial charge in [0.1, 0.15) is 5.82 Å². The van der Waals surface area contributed by atoms with Gasteiger partial charge in [-0.05, 0) is 42.5 Å². The van der Waals surface area contributed by atoms with Crippen LogP contribution in [0.15, 0.2) is 134 Å². The number of ether oxygens (including phenoxy) is 1. The molecule has 2 aromatic heterocycles. The van der Waals surface area contributed by atoms with E-state index in [0.29, 0.717) is 0 Å². The third-order valence-electron chi connectivity index (χ3n) is 7.47. The highest BCUT2D eigenvalue weighted by Gasteiger charge is 2.28. The molecule has 0 radical (unpaired) electrons. The first-order valence-corrected chi connectivity index (χ1v) is 13.1. The lowest BCUT2D eigenvalue weighted by Crippen LogP contribution is -2.09. The number of hydrogen-bond donors (Lipinski definition) is 1. The molecule has 0 aliphatic carbocycles. The van der Waals surface area contributed by atoms with Gasteiger partial charge in [-0.15, -0.1) is 0 Å². The fourth-order valence-corrected chi connectivity index (χ4v) is 5.69. The number of hydrogen-bond acceptors (Lipinski definition) is 3. The summed E-state index contributed by atoms with van der Waals surface area (Å²) in [5.74, 6) is 1.83. The molecule has 3 heterocycles. The van der Waals surface area contributed by atoms with Crippen molar-refractivity contribution in [2.45, 2.75) is 6.23 Å². The van der Waals surface area contributed by atoms with Crippen molar-refractivity contribution in [2.24, 2.45) is 0 Å². The molecule has 5 nitrogen and oxygen atoms in total. The molecule has 5 heteroatoms. The summed E-state index contributed by atoms with van der Waals surface area (Å²) in [7, 11) is 0. The minimum absolute atomic E-state index is 0.206. The van der Waals surface area contributed by atoms with E-state index in [1.807, 2.05) is 48.8 Å². The number of nitrogens with zero attached hydrogens (tertiary/aromatic N) is 3. The minimum atomic E-state index is -0.206. The van der Waals surface area contributed by atoms with E-state index < -0.39 is 0 Å². The average molecular weight is 505 g/mol. The Kier molecular flexibility index (Phi) is 4.82. The Bertz CT molecular complexity index is 1950. The molecule has 0 spiro atoms. The van der Waals surface area contributed by atoms with E-state index in [1.54, 1.807) is 0 Å². The molecule has 186 valence electrons. The smallest absolute Gasteiger partial charge is 0.196 e. The zero-order valence-electron chi connectivity index (χ0n) is 21.0. The van der Waals surface area contributed by atoms with E-state index in [1.165, 1.54) is 5.39 Å². The molecule has 1 atom stereocenters. The first-order valence-electron chi connectivity index (χ1n) is 13.1. The molecule has 1 aliphatic rings. The molecule has 1 unspecified atom stereocenters. The Hall–Kier alpha value is -5.29. The van der Waals surface area contributed by atoms with Crippen LogP contribution >= 0.6 is 0 Å². The van der Waals surface area contributed by atoms with Crippen LogP contribution in [0.5, 0.6) is 5.75 Å². The lowest BCUT2D eigenvalue weighted by atomic mass is 10.1. The molecular formula is C34H24N4O. The van der Waals surface area contributed by atoms with Crippen molar-refractivity contribution < 1.29 is 4.74 Å². The van der Waals surface area contributed by atoms with E-state index in [9.17, 15) is 0 Å². The van der Waals surface area contributed by atoms with Crippen LogP contribution in [0.2, 0.25) is 0 Å². The van der Waals surface area contributed by atoms with Crippen LogP contribution in [-0.2, 0) is 0 Å². The van der Waals surface area contributed by atoms with E-state index in [4.69, 9.17) is 4.74 Å². The van der Waals surface area contributed by atoms with Crippen molar-refractivity contribution in [3.8, 4) is 28.5 Å². The van der Waals surface area contributed by atoms with Gasteiger partial charge in [0.2, 0.25) is 0 Å². The highest BCUT2D eigenvalue weighted by molar-refractivity contribution is 6.14. The fourth-order valence-electron chi connectivity index (χ4n) is 5.69. The van der Waals surface area contributed by atoms with E-state index in [-0.39, 0.29) is 6.23 Å². The number of nitrogens with one attached hydrogen (secondary N) is 1. The molecule has 0 fully saturated rings. The van der Waals surface area contributed by atoms with Crippen LogP contribution in [0, 0.1) is 0 Å². The molecule has 0 saturated heterocycles. The number of para-hydroxylation sites is 1. The van der Waals surface area contributed by atoms with Gasteiger partial charge in [0.25, 0.3) is 0 Å². The Balaban J connectivity index is 1.24. The summed E-state index contributed by atoms with van der Waals surface area (Å²) in [6.07, 6.45) is 3.65. The van der Waals surface area contributed by atoms with Crippen LogP contribution in [0.25, 0.3) is 44.6 Å². The predicted molar refractivity (Wildman–Crippen MR) is 157 cm³/mol. The second-order valence-electron chi connectivity index (χ2n) is 9.75. The maximum Gasteiger partial charge on any atom is 0.196 e. The SMILES string of the molecule is c1ccc(-c2nccn2-c2ccc(-n3c4ccccc4c4c5c(ccc43)NC(c3ccccc3)O5)cc2)cc1. The molecule has 0 amide bonds. The summed E-state index contributed by atoms with van der Waals surface area (Å²) in [5, 5.41) is 5.85. The second-order valence-corrected chi connectivity index (χ2v) is 9.75. The molecule has 1 aliphatic heterocycles. The summed E-state index contributed by atoms with van der Waals surface area (Å²) in [6, 6.07) is 42.1. The van der Waals surface area contributed by atoms with Crippen LogP contribution in [0.4, 0.5) is 5.69 Å². The van der Waals surface area contributed by atoms with E-state index in [2.05, 4.69) is 104 Å². The first kappa shape index (κ1) is 21.8. The van der Waals surface area contributed by atoms with Crippen molar-refractivity contribution in [3.63, 3.8) is 0 Å².